The van der Waals surface area contributed by atoms with E-state index in [-0.39, 0.29) is 11.9 Å². The highest BCUT2D eigenvalue weighted by Gasteiger charge is 2.26. The molecule has 1 aliphatic heterocycles. The van der Waals surface area contributed by atoms with Crippen molar-refractivity contribution in [2.75, 3.05) is 32.7 Å². The maximum absolute atomic E-state index is 12.2. The molecule has 4 nitrogen and oxygen atoms in total. The van der Waals surface area contributed by atoms with Gasteiger partial charge >= 0.3 is 0 Å². The first kappa shape index (κ1) is 17.4. The zero-order valence-electron chi connectivity index (χ0n) is 13.6. The van der Waals surface area contributed by atoms with E-state index in [1.165, 1.54) is 25.7 Å². The van der Waals surface area contributed by atoms with Gasteiger partial charge in [0.2, 0.25) is 5.91 Å². The third-order valence-electron chi connectivity index (χ3n) is 4.24. The molecule has 2 unspecified atom stereocenters. The van der Waals surface area contributed by atoms with Crippen molar-refractivity contribution in [2.24, 2.45) is 5.92 Å². The summed E-state index contributed by atoms with van der Waals surface area (Å²) in [6, 6.07) is 0.0149. The van der Waals surface area contributed by atoms with E-state index in [1.807, 2.05) is 6.92 Å². The average Bonchev–Trinajstić information content (AvgIpc) is 2.48. The lowest BCUT2D eigenvalue weighted by molar-refractivity contribution is -0.126. The molecule has 0 aromatic carbocycles. The van der Waals surface area contributed by atoms with Crippen LogP contribution in [0.5, 0.6) is 0 Å². The summed E-state index contributed by atoms with van der Waals surface area (Å²) in [5, 5.41) is 6.50. The Hall–Kier alpha value is -0.610. The van der Waals surface area contributed by atoms with Crippen LogP contribution >= 0.6 is 0 Å². The van der Waals surface area contributed by atoms with E-state index in [0.717, 1.165) is 39.1 Å². The lowest BCUT2D eigenvalue weighted by Crippen LogP contribution is -2.50. The van der Waals surface area contributed by atoms with Gasteiger partial charge in [0.1, 0.15) is 0 Å². The summed E-state index contributed by atoms with van der Waals surface area (Å²) in [6.45, 7) is 11.4. The number of rotatable bonds is 9. The number of nitrogens with one attached hydrogen (secondary N) is 2. The standard InChI is InChI=1S/C16H33N3O/c1-4-6-7-10-18-16(20)14(3)19-11-8-9-15(13-19)12-17-5-2/h14-15,17H,4-13H2,1-3H3,(H,18,20). The number of hydrogen-bond acceptors (Lipinski definition) is 3. The summed E-state index contributed by atoms with van der Waals surface area (Å²) < 4.78 is 0. The second-order valence-corrected chi connectivity index (χ2v) is 5.98. The minimum absolute atomic E-state index is 0.0149. The minimum Gasteiger partial charge on any atom is -0.355 e. The molecule has 4 heteroatoms. The lowest BCUT2D eigenvalue weighted by atomic mass is 9.96. The third-order valence-corrected chi connectivity index (χ3v) is 4.24. The molecule has 0 spiro atoms. The van der Waals surface area contributed by atoms with Crippen LogP contribution in [0.25, 0.3) is 0 Å². The number of hydrogen-bond donors (Lipinski definition) is 2. The molecule has 1 amide bonds. The number of piperidine rings is 1. The molecule has 118 valence electrons. The van der Waals surface area contributed by atoms with Crippen LogP contribution in [0.3, 0.4) is 0 Å². The summed E-state index contributed by atoms with van der Waals surface area (Å²) in [5.41, 5.74) is 0. The van der Waals surface area contributed by atoms with Gasteiger partial charge in [-0.25, -0.2) is 0 Å². The van der Waals surface area contributed by atoms with Gasteiger partial charge in [0.25, 0.3) is 0 Å². The Morgan fingerprint density at radius 3 is 2.85 bits per heavy atom. The highest BCUT2D eigenvalue weighted by molar-refractivity contribution is 5.81. The van der Waals surface area contributed by atoms with Crippen molar-refractivity contribution < 1.29 is 4.79 Å². The maximum atomic E-state index is 12.2. The number of nitrogens with zero attached hydrogens (tertiary/aromatic N) is 1. The summed E-state index contributed by atoms with van der Waals surface area (Å²) in [4.78, 5) is 14.5. The highest BCUT2D eigenvalue weighted by Crippen LogP contribution is 2.18. The SMILES string of the molecule is CCCCCNC(=O)C(C)N1CCCC(CNCC)C1. The molecule has 0 saturated carbocycles. The first-order valence-corrected chi connectivity index (χ1v) is 8.41. The molecule has 0 bridgehead atoms. The van der Waals surface area contributed by atoms with Crippen LogP contribution in [-0.4, -0.2) is 49.6 Å². The fraction of sp³-hybridized carbons (Fsp3) is 0.938. The van der Waals surface area contributed by atoms with E-state index < -0.39 is 0 Å². The smallest absolute Gasteiger partial charge is 0.237 e. The van der Waals surface area contributed by atoms with Crippen molar-refractivity contribution in [1.82, 2.24) is 15.5 Å². The lowest BCUT2D eigenvalue weighted by Gasteiger charge is -2.36. The zero-order chi connectivity index (χ0) is 14.8. The predicted octanol–water partition coefficient (Wildman–Crippen LogP) is 2.00. The number of unbranched alkanes of at least 4 members (excludes halogenated alkanes) is 2. The fourth-order valence-electron chi connectivity index (χ4n) is 2.86. The maximum Gasteiger partial charge on any atom is 0.237 e. The first-order valence-electron chi connectivity index (χ1n) is 8.41. The Labute approximate surface area is 124 Å². The molecule has 0 aromatic heterocycles. The van der Waals surface area contributed by atoms with Crippen LogP contribution in [0.2, 0.25) is 0 Å². The van der Waals surface area contributed by atoms with Gasteiger partial charge in [-0.1, -0.05) is 26.7 Å². The molecule has 20 heavy (non-hydrogen) atoms. The van der Waals surface area contributed by atoms with Crippen LogP contribution in [0.15, 0.2) is 0 Å². The summed E-state index contributed by atoms with van der Waals surface area (Å²) >= 11 is 0. The van der Waals surface area contributed by atoms with Crippen molar-refractivity contribution >= 4 is 5.91 Å². The average molecular weight is 283 g/mol. The van der Waals surface area contributed by atoms with E-state index in [2.05, 4.69) is 29.4 Å². The van der Waals surface area contributed by atoms with E-state index in [0.29, 0.717) is 5.92 Å². The second kappa shape index (κ2) is 10.2. The van der Waals surface area contributed by atoms with Crippen LogP contribution in [0, 0.1) is 5.92 Å². The molecule has 2 atom stereocenters. The zero-order valence-corrected chi connectivity index (χ0v) is 13.6. The first-order chi connectivity index (χ1) is 9.69. The molecule has 0 aromatic rings. The number of likely N-dealkylation sites (tertiary alicyclic amines) is 1. The van der Waals surface area contributed by atoms with Crippen LogP contribution < -0.4 is 10.6 Å². The van der Waals surface area contributed by atoms with Gasteiger partial charge in [0.15, 0.2) is 0 Å². The normalized spacial score (nSPS) is 21.6. The van der Waals surface area contributed by atoms with Crippen molar-refractivity contribution in [2.45, 2.75) is 58.9 Å². The Balaban J connectivity index is 2.29. The van der Waals surface area contributed by atoms with Gasteiger partial charge in [-0.3, -0.25) is 9.69 Å². The third kappa shape index (κ3) is 6.23. The number of amides is 1. The van der Waals surface area contributed by atoms with E-state index in [4.69, 9.17) is 0 Å². The molecule has 0 radical (unpaired) electrons. The van der Waals surface area contributed by atoms with Crippen molar-refractivity contribution in [1.29, 1.82) is 0 Å². The number of carbonyl (C=O) groups is 1. The molecule has 1 fully saturated rings. The molecule has 1 saturated heterocycles. The summed E-state index contributed by atoms with van der Waals surface area (Å²) in [6.07, 6.45) is 5.99. The van der Waals surface area contributed by atoms with Gasteiger partial charge < -0.3 is 10.6 Å². The predicted molar refractivity (Wildman–Crippen MR) is 84.8 cm³/mol. The van der Waals surface area contributed by atoms with Crippen LogP contribution in [-0.2, 0) is 4.79 Å². The molecule has 2 N–H and O–H groups in total. The Morgan fingerprint density at radius 1 is 1.35 bits per heavy atom. The van der Waals surface area contributed by atoms with Gasteiger partial charge in [-0.05, 0) is 51.7 Å². The molecular weight excluding hydrogens is 250 g/mol. The molecule has 1 aliphatic rings. The minimum atomic E-state index is 0.0149. The van der Waals surface area contributed by atoms with Crippen LogP contribution in [0.1, 0.15) is 52.9 Å². The largest absolute Gasteiger partial charge is 0.355 e. The fourth-order valence-corrected chi connectivity index (χ4v) is 2.86. The molecular formula is C16H33N3O. The van der Waals surface area contributed by atoms with Gasteiger partial charge in [-0.2, -0.15) is 0 Å². The van der Waals surface area contributed by atoms with Crippen molar-refractivity contribution in [3.8, 4) is 0 Å². The van der Waals surface area contributed by atoms with Crippen LogP contribution in [0.4, 0.5) is 0 Å². The summed E-state index contributed by atoms with van der Waals surface area (Å²) in [7, 11) is 0. The molecule has 0 aliphatic carbocycles. The van der Waals surface area contributed by atoms with Gasteiger partial charge in [-0.15, -0.1) is 0 Å². The Morgan fingerprint density at radius 2 is 2.15 bits per heavy atom. The van der Waals surface area contributed by atoms with Crippen molar-refractivity contribution in [3.05, 3.63) is 0 Å². The van der Waals surface area contributed by atoms with Gasteiger partial charge in [0, 0.05) is 13.1 Å². The topological polar surface area (TPSA) is 44.4 Å². The monoisotopic (exact) mass is 283 g/mol. The molecule has 1 rings (SSSR count). The highest BCUT2D eigenvalue weighted by atomic mass is 16.2. The Bertz CT molecular complexity index is 270. The van der Waals surface area contributed by atoms with E-state index in [9.17, 15) is 4.79 Å². The van der Waals surface area contributed by atoms with Gasteiger partial charge in [0.05, 0.1) is 6.04 Å². The number of carbonyl (C=O) groups excluding carboxylic acids is 1. The second-order valence-electron chi connectivity index (χ2n) is 5.98. The van der Waals surface area contributed by atoms with E-state index >= 15 is 0 Å². The quantitative estimate of drug-likeness (QED) is 0.636. The molecule has 1 heterocycles. The van der Waals surface area contributed by atoms with E-state index in [1.54, 1.807) is 0 Å². The van der Waals surface area contributed by atoms with Crippen molar-refractivity contribution in [3.63, 3.8) is 0 Å². The summed E-state index contributed by atoms with van der Waals surface area (Å²) in [5.74, 6) is 0.893. The Kier molecular flexibility index (Phi) is 8.86.